The molecule has 6 nitrogen and oxygen atoms in total. The van der Waals surface area contributed by atoms with Crippen LogP contribution in [0.5, 0.6) is 0 Å². The lowest BCUT2D eigenvalue weighted by molar-refractivity contribution is 0.303. The standard InChI is InChI=1S/C15H24N2O4S2/c1-22(18,19)16-15-10-5-11-17(13-15)23(20,21)12-6-9-14-7-3-2-4-8-14/h2-4,7-8,15-16H,5-6,9-13H2,1H3. The topological polar surface area (TPSA) is 83.6 Å². The van der Waals surface area contributed by atoms with E-state index in [0.717, 1.165) is 18.2 Å². The maximum absolute atomic E-state index is 12.4. The van der Waals surface area contributed by atoms with Crippen molar-refractivity contribution in [2.24, 2.45) is 0 Å². The van der Waals surface area contributed by atoms with Gasteiger partial charge in [0, 0.05) is 19.1 Å². The molecule has 0 saturated carbocycles. The summed E-state index contributed by atoms with van der Waals surface area (Å²) in [7, 11) is -6.66. The summed E-state index contributed by atoms with van der Waals surface area (Å²) in [6, 6.07) is 9.45. The van der Waals surface area contributed by atoms with E-state index in [4.69, 9.17) is 0 Å². The minimum atomic E-state index is -3.34. The fraction of sp³-hybridized carbons (Fsp3) is 0.600. The number of aryl methyl sites for hydroxylation is 1. The lowest BCUT2D eigenvalue weighted by Crippen LogP contribution is -2.49. The molecule has 0 aromatic heterocycles. The van der Waals surface area contributed by atoms with Crippen LogP contribution < -0.4 is 4.72 Å². The Morgan fingerprint density at radius 1 is 1.17 bits per heavy atom. The number of piperidine rings is 1. The van der Waals surface area contributed by atoms with Gasteiger partial charge in [0.25, 0.3) is 0 Å². The Labute approximate surface area is 139 Å². The third kappa shape index (κ3) is 6.21. The molecule has 0 amide bonds. The molecule has 0 radical (unpaired) electrons. The Hall–Kier alpha value is -0.960. The summed E-state index contributed by atoms with van der Waals surface area (Å²) in [5.74, 6) is 0.0908. The zero-order chi connectivity index (χ0) is 16.9. The Bertz CT molecular complexity index is 702. The fourth-order valence-corrected chi connectivity index (χ4v) is 5.21. The third-order valence-electron chi connectivity index (χ3n) is 3.87. The molecule has 130 valence electrons. The van der Waals surface area contributed by atoms with E-state index in [-0.39, 0.29) is 18.3 Å². The Morgan fingerprint density at radius 3 is 2.52 bits per heavy atom. The van der Waals surface area contributed by atoms with Gasteiger partial charge in [-0.1, -0.05) is 30.3 Å². The van der Waals surface area contributed by atoms with Crippen molar-refractivity contribution in [3.8, 4) is 0 Å². The van der Waals surface area contributed by atoms with E-state index in [1.165, 1.54) is 4.31 Å². The van der Waals surface area contributed by atoms with Crippen molar-refractivity contribution in [3.63, 3.8) is 0 Å². The van der Waals surface area contributed by atoms with Crippen molar-refractivity contribution in [3.05, 3.63) is 35.9 Å². The number of hydrogen-bond donors (Lipinski definition) is 1. The van der Waals surface area contributed by atoms with E-state index in [9.17, 15) is 16.8 Å². The Balaban J connectivity index is 1.88. The van der Waals surface area contributed by atoms with Crippen LogP contribution in [0.15, 0.2) is 30.3 Å². The van der Waals surface area contributed by atoms with E-state index < -0.39 is 20.0 Å². The van der Waals surface area contributed by atoms with Gasteiger partial charge in [-0.15, -0.1) is 0 Å². The molecule has 23 heavy (non-hydrogen) atoms. The minimum Gasteiger partial charge on any atom is -0.213 e. The number of rotatable bonds is 7. The van der Waals surface area contributed by atoms with Gasteiger partial charge in [-0.3, -0.25) is 0 Å². The van der Waals surface area contributed by atoms with Gasteiger partial charge < -0.3 is 0 Å². The molecule has 1 aliphatic heterocycles. The van der Waals surface area contributed by atoms with Crippen LogP contribution in [-0.2, 0) is 26.5 Å². The molecule has 2 rings (SSSR count). The maximum atomic E-state index is 12.4. The number of nitrogens with one attached hydrogen (secondary N) is 1. The first kappa shape index (κ1) is 18.4. The van der Waals surface area contributed by atoms with Crippen molar-refractivity contribution in [1.29, 1.82) is 0 Å². The van der Waals surface area contributed by atoms with Crippen LogP contribution in [-0.4, -0.2) is 52.3 Å². The van der Waals surface area contributed by atoms with Crippen LogP contribution in [0.25, 0.3) is 0 Å². The van der Waals surface area contributed by atoms with Gasteiger partial charge in [0.1, 0.15) is 0 Å². The SMILES string of the molecule is CS(=O)(=O)NC1CCCN(S(=O)(=O)CCCc2ccccc2)C1. The smallest absolute Gasteiger partial charge is 0.213 e. The summed E-state index contributed by atoms with van der Waals surface area (Å²) in [5, 5.41) is 0. The van der Waals surface area contributed by atoms with Gasteiger partial charge in [-0.2, -0.15) is 0 Å². The van der Waals surface area contributed by atoms with Gasteiger partial charge in [-0.05, 0) is 31.2 Å². The van der Waals surface area contributed by atoms with Crippen molar-refractivity contribution < 1.29 is 16.8 Å². The van der Waals surface area contributed by atoms with Crippen LogP contribution in [0.3, 0.4) is 0 Å². The molecule has 1 aromatic rings. The van der Waals surface area contributed by atoms with Gasteiger partial charge >= 0.3 is 0 Å². The van der Waals surface area contributed by atoms with Gasteiger partial charge in [0.2, 0.25) is 20.0 Å². The van der Waals surface area contributed by atoms with Crippen molar-refractivity contribution >= 4 is 20.0 Å². The molecule has 1 heterocycles. The molecule has 0 aliphatic carbocycles. The molecule has 8 heteroatoms. The Kier molecular flexibility index (Phi) is 6.19. The molecule has 1 saturated heterocycles. The Morgan fingerprint density at radius 2 is 1.87 bits per heavy atom. The highest BCUT2D eigenvalue weighted by Gasteiger charge is 2.29. The first-order valence-electron chi connectivity index (χ1n) is 7.75. The molecule has 1 atom stereocenters. The third-order valence-corrected chi connectivity index (χ3v) is 6.55. The second-order valence-electron chi connectivity index (χ2n) is 5.99. The quantitative estimate of drug-likeness (QED) is 0.785. The second-order valence-corrected chi connectivity index (χ2v) is 9.86. The normalized spacial score (nSPS) is 20.5. The molecule has 1 unspecified atom stereocenters. The van der Waals surface area contributed by atoms with Crippen molar-refractivity contribution in [2.75, 3.05) is 25.1 Å². The van der Waals surface area contributed by atoms with Gasteiger partial charge in [-0.25, -0.2) is 25.9 Å². The largest absolute Gasteiger partial charge is 0.214 e. The van der Waals surface area contributed by atoms with E-state index in [2.05, 4.69) is 4.72 Å². The molecule has 0 spiro atoms. The van der Waals surface area contributed by atoms with E-state index >= 15 is 0 Å². The molecular weight excluding hydrogens is 336 g/mol. The lowest BCUT2D eigenvalue weighted by Gasteiger charge is -2.31. The average molecular weight is 361 g/mol. The van der Waals surface area contributed by atoms with E-state index in [0.29, 0.717) is 25.8 Å². The van der Waals surface area contributed by atoms with Gasteiger partial charge in [0.05, 0.1) is 12.0 Å². The average Bonchev–Trinajstić information content (AvgIpc) is 2.47. The van der Waals surface area contributed by atoms with Crippen molar-refractivity contribution in [2.45, 2.75) is 31.7 Å². The zero-order valence-electron chi connectivity index (χ0n) is 13.3. The molecule has 1 aromatic carbocycles. The molecule has 1 N–H and O–H groups in total. The highest BCUT2D eigenvalue weighted by Crippen LogP contribution is 2.16. The number of sulfonamides is 2. The molecule has 0 bridgehead atoms. The summed E-state index contributed by atoms with van der Waals surface area (Å²) >= 11 is 0. The number of benzene rings is 1. The summed E-state index contributed by atoms with van der Waals surface area (Å²) in [6.07, 6.45) is 3.72. The van der Waals surface area contributed by atoms with Crippen molar-refractivity contribution in [1.82, 2.24) is 9.03 Å². The maximum Gasteiger partial charge on any atom is 0.214 e. The summed E-state index contributed by atoms with van der Waals surface area (Å²) < 4.78 is 51.4. The van der Waals surface area contributed by atoms with Crippen LogP contribution in [0.4, 0.5) is 0 Å². The van der Waals surface area contributed by atoms with Crippen LogP contribution in [0.1, 0.15) is 24.8 Å². The summed E-state index contributed by atoms with van der Waals surface area (Å²) in [4.78, 5) is 0. The minimum absolute atomic E-state index is 0.0908. The highest BCUT2D eigenvalue weighted by molar-refractivity contribution is 7.89. The van der Waals surface area contributed by atoms with E-state index in [1.807, 2.05) is 30.3 Å². The van der Waals surface area contributed by atoms with Crippen LogP contribution in [0.2, 0.25) is 0 Å². The summed E-state index contributed by atoms with van der Waals surface area (Å²) in [6.45, 7) is 0.691. The van der Waals surface area contributed by atoms with Crippen LogP contribution >= 0.6 is 0 Å². The monoisotopic (exact) mass is 360 g/mol. The molecule has 1 aliphatic rings. The first-order valence-corrected chi connectivity index (χ1v) is 11.3. The zero-order valence-corrected chi connectivity index (χ0v) is 14.9. The molecular formula is C15H24N2O4S2. The second kappa shape index (κ2) is 7.74. The summed E-state index contributed by atoms with van der Waals surface area (Å²) in [5.41, 5.74) is 1.12. The number of hydrogen-bond acceptors (Lipinski definition) is 4. The fourth-order valence-electron chi connectivity index (χ4n) is 2.83. The molecule has 1 fully saturated rings. The van der Waals surface area contributed by atoms with Crippen LogP contribution in [0, 0.1) is 0 Å². The predicted molar refractivity (Wildman–Crippen MR) is 91.1 cm³/mol. The predicted octanol–water partition coefficient (Wildman–Crippen LogP) is 0.963. The lowest BCUT2D eigenvalue weighted by atomic mass is 10.1. The first-order chi connectivity index (χ1) is 10.8. The van der Waals surface area contributed by atoms with E-state index in [1.54, 1.807) is 0 Å². The van der Waals surface area contributed by atoms with Gasteiger partial charge in [0.15, 0.2) is 0 Å². The number of nitrogens with zero attached hydrogens (tertiary/aromatic N) is 1. The highest BCUT2D eigenvalue weighted by atomic mass is 32.2.